The van der Waals surface area contributed by atoms with Gasteiger partial charge in [0.2, 0.25) is 5.13 Å². The summed E-state index contributed by atoms with van der Waals surface area (Å²) in [6.45, 7) is 0.306. The summed E-state index contributed by atoms with van der Waals surface area (Å²) >= 11 is 1.23. The minimum absolute atomic E-state index is 0.287. The maximum absolute atomic E-state index is 13.1. The van der Waals surface area contributed by atoms with Gasteiger partial charge in [0.05, 0.1) is 6.54 Å². The highest BCUT2D eigenvalue weighted by Crippen LogP contribution is 2.16. The molecule has 0 spiro atoms. The van der Waals surface area contributed by atoms with Crippen molar-refractivity contribution in [1.82, 2.24) is 20.5 Å². The summed E-state index contributed by atoms with van der Waals surface area (Å²) in [5, 5.41) is 13.8. The first kappa shape index (κ1) is 12.5. The minimum Gasteiger partial charge on any atom is -0.357 e. The van der Waals surface area contributed by atoms with E-state index in [2.05, 4.69) is 25.8 Å². The lowest BCUT2D eigenvalue weighted by Gasteiger charge is -2.03. The molecule has 0 fully saturated rings. The zero-order valence-corrected chi connectivity index (χ0v) is 11.0. The molecule has 0 atom stereocenters. The first-order valence-electron chi connectivity index (χ1n) is 5.79. The molecule has 0 radical (unpaired) electrons. The summed E-state index contributed by atoms with van der Waals surface area (Å²) in [5.41, 5.74) is 3.15. The number of nitrogens with zero attached hydrogens (tertiary/aromatic N) is 2. The maximum Gasteiger partial charge on any atom is 0.321 e. The highest BCUT2D eigenvalue weighted by molar-refractivity contribution is 7.13. The summed E-state index contributed by atoms with van der Waals surface area (Å²) in [4.78, 5) is 14.7. The number of amides is 2. The second kappa shape index (κ2) is 5.25. The zero-order valence-electron chi connectivity index (χ0n) is 10.2. The summed E-state index contributed by atoms with van der Waals surface area (Å²) in [5.74, 6) is -0.287. The third-order valence-corrected chi connectivity index (χ3v) is 3.27. The fourth-order valence-corrected chi connectivity index (χ4v) is 2.24. The number of urea groups is 1. The summed E-state index contributed by atoms with van der Waals surface area (Å²) in [7, 11) is 0. The smallest absolute Gasteiger partial charge is 0.321 e. The number of halogens is 1. The van der Waals surface area contributed by atoms with Gasteiger partial charge in [0.15, 0.2) is 0 Å². The lowest BCUT2D eigenvalue weighted by molar-refractivity contribution is 0.251. The minimum atomic E-state index is -0.369. The largest absolute Gasteiger partial charge is 0.357 e. The van der Waals surface area contributed by atoms with Crippen LogP contribution in [0.2, 0.25) is 0 Å². The molecule has 8 heteroatoms. The molecule has 102 valence electrons. The van der Waals surface area contributed by atoms with Crippen molar-refractivity contribution < 1.29 is 9.18 Å². The predicted octanol–water partition coefficient (Wildman–Crippen LogP) is 2.48. The molecule has 0 aliphatic rings. The van der Waals surface area contributed by atoms with Crippen molar-refractivity contribution in [3.05, 3.63) is 41.3 Å². The van der Waals surface area contributed by atoms with Crippen LogP contribution in [0, 0.1) is 5.82 Å². The molecular formula is C12H10FN5OS. The van der Waals surface area contributed by atoms with Crippen LogP contribution in [0.5, 0.6) is 0 Å². The summed E-state index contributed by atoms with van der Waals surface area (Å²) in [6.07, 6.45) is 0. The lowest BCUT2D eigenvalue weighted by Crippen LogP contribution is -2.28. The van der Waals surface area contributed by atoms with E-state index in [1.807, 2.05) is 0 Å². The molecule has 0 saturated carbocycles. The summed E-state index contributed by atoms with van der Waals surface area (Å²) in [6, 6.07) is 5.92. The van der Waals surface area contributed by atoms with Crippen molar-refractivity contribution in [3.8, 4) is 0 Å². The van der Waals surface area contributed by atoms with E-state index in [9.17, 15) is 9.18 Å². The fourth-order valence-electron chi connectivity index (χ4n) is 1.80. The van der Waals surface area contributed by atoms with Crippen LogP contribution in [0.3, 0.4) is 0 Å². The Morgan fingerprint density at radius 2 is 2.30 bits per heavy atom. The van der Waals surface area contributed by atoms with Crippen LogP contribution in [0.25, 0.3) is 10.9 Å². The average molecular weight is 291 g/mol. The van der Waals surface area contributed by atoms with E-state index in [1.54, 1.807) is 12.1 Å². The zero-order chi connectivity index (χ0) is 13.9. The van der Waals surface area contributed by atoms with Crippen molar-refractivity contribution >= 4 is 33.4 Å². The van der Waals surface area contributed by atoms with Crippen molar-refractivity contribution in [2.24, 2.45) is 0 Å². The monoisotopic (exact) mass is 291 g/mol. The maximum atomic E-state index is 13.1. The van der Waals surface area contributed by atoms with Crippen molar-refractivity contribution in [1.29, 1.82) is 0 Å². The van der Waals surface area contributed by atoms with Crippen molar-refractivity contribution in [2.75, 3.05) is 5.32 Å². The van der Waals surface area contributed by atoms with Crippen LogP contribution in [0.15, 0.2) is 29.8 Å². The number of hydrogen-bond donors (Lipinski definition) is 3. The van der Waals surface area contributed by atoms with Gasteiger partial charge >= 0.3 is 6.03 Å². The Labute approximate surface area is 117 Å². The molecule has 0 aliphatic heterocycles. The number of carbonyl (C=O) groups excluding carboxylic acids is 1. The van der Waals surface area contributed by atoms with Crippen molar-refractivity contribution in [3.63, 3.8) is 0 Å². The van der Waals surface area contributed by atoms with E-state index in [-0.39, 0.29) is 11.8 Å². The van der Waals surface area contributed by atoms with Gasteiger partial charge in [0.25, 0.3) is 0 Å². The second-order valence-electron chi connectivity index (χ2n) is 4.08. The van der Waals surface area contributed by atoms with Gasteiger partial charge in [0, 0.05) is 16.6 Å². The van der Waals surface area contributed by atoms with Gasteiger partial charge in [-0.15, -0.1) is 10.2 Å². The Bertz CT molecular complexity index is 739. The van der Waals surface area contributed by atoms with Gasteiger partial charge in [-0.3, -0.25) is 5.32 Å². The standard InChI is InChI=1S/C12H10FN5OS/c13-8-1-2-10-7(3-8)4-9(16-10)5-14-11(19)17-12-18-15-6-20-12/h1-4,6,16H,5H2,(H2,14,17,18,19). The van der Waals surface area contributed by atoms with Gasteiger partial charge in [-0.05, 0) is 24.3 Å². The lowest BCUT2D eigenvalue weighted by atomic mass is 10.2. The van der Waals surface area contributed by atoms with Crippen LogP contribution in [0.4, 0.5) is 14.3 Å². The topological polar surface area (TPSA) is 82.7 Å². The SMILES string of the molecule is O=C(NCc1cc2cc(F)ccc2[nH]1)Nc1nncs1. The van der Waals surface area contributed by atoms with E-state index in [0.29, 0.717) is 11.7 Å². The Morgan fingerprint density at radius 1 is 1.40 bits per heavy atom. The van der Waals surface area contributed by atoms with Crippen LogP contribution < -0.4 is 10.6 Å². The molecule has 2 heterocycles. The number of fused-ring (bicyclic) bond motifs is 1. The molecule has 0 saturated heterocycles. The van der Waals surface area contributed by atoms with E-state index in [1.165, 1.54) is 29.0 Å². The van der Waals surface area contributed by atoms with Crippen molar-refractivity contribution in [2.45, 2.75) is 6.54 Å². The van der Waals surface area contributed by atoms with Gasteiger partial charge in [-0.25, -0.2) is 9.18 Å². The number of anilines is 1. The third-order valence-electron chi connectivity index (χ3n) is 2.66. The highest BCUT2D eigenvalue weighted by Gasteiger charge is 2.06. The first-order chi connectivity index (χ1) is 9.70. The first-order valence-corrected chi connectivity index (χ1v) is 6.67. The predicted molar refractivity (Wildman–Crippen MR) is 74.0 cm³/mol. The number of rotatable bonds is 3. The molecule has 0 aliphatic carbocycles. The molecule has 20 heavy (non-hydrogen) atoms. The number of benzene rings is 1. The van der Waals surface area contributed by atoms with E-state index < -0.39 is 0 Å². The fraction of sp³-hybridized carbons (Fsp3) is 0.0833. The number of nitrogens with one attached hydrogen (secondary N) is 3. The van der Waals surface area contributed by atoms with E-state index in [0.717, 1.165) is 16.6 Å². The number of H-pyrrole nitrogens is 1. The molecule has 2 aromatic heterocycles. The summed E-state index contributed by atoms with van der Waals surface area (Å²) < 4.78 is 13.1. The Balaban J connectivity index is 1.63. The van der Waals surface area contributed by atoms with E-state index in [4.69, 9.17) is 0 Å². The number of aromatic amines is 1. The highest BCUT2D eigenvalue weighted by atomic mass is 32.1. The molecule has 3 N–H and O–H groups in total. The molecule has 1 aromatic carbocycles. The Kier molecular flexibility index (Phi) is 3.30. The van der Waals surface area contributed by atoms with E-state index >= 15 is 0 Å². The number of aromatic nitrogens is 3. The molecule has 3 aromatic rings. The Morgan fingerprint density at radius 3 is 3.10 bits per heavy atom. The van der Waals surface area contributed by atoms with Crippen LogP contribution in [-0.2, 0) is 6.54 Å². The van der Waals surface area contributed by atoms with Crippen LogP contribution in [0.1, 0.15) is 5.69 Å². The molecule has 0 unspecified atom stereocenters. The molecule has 0 bridgehead atoms. The second-order valence-corrected chi connectivity index (χ2v) is 4.91. The van der Waals surface area contributed by atoms with Crippen LogP contribution >= 0.6 is 11.3 Å². The van der Waals surface area contributed by atoms with Gasteiger partial charge < -0.3 is 10.3 Å². The van der Waals surface area contributed by atoms with Gasteiger partial charge in [-0.2, -0.15) is 0 Å². The van der Waals surface area contributed by atoms with Gasteiger partial charge in [-0.1, -0.05) is 11.3 Å². The average Bonchev–Trinajstić information content (AvgIpc) is 3.04. The Hall–Kier alpha value is -2.48. The quantitative estimate of drug-likeness (QED) is 0.693. The third kappa shape index (κ3) is 2.75. The van der Waals surface area contributed by atoms with Gasteiger partial charge in [0.1, 0.15) is 11.3 Å². The molecule has 2 amide bonds. The number of carbonyl (C=O) groups is 1. The van der Waals surface area contributed by atoms with Crippen LogP contribution in [-0.4, -0.2) is 21.2 Å². The molecule has 6 nitrogen and oxygen atoms in total. The molecular weight excluding hydrogens is 281 g/mol. The molecule has 3 rings (SSSR count). The normalized spacial score (nSPS) is 10.7. The number of hydrogen-bond acceptors (Lipinski definition) is 4.